The molecule has 9 nitrogen and oxygen atoms in total. The van der Waals surface area contributed by atoms with Crippen LogP contribution in [0, 0.1) is 0 Å². The Morgan fingerprint density at radius 1 is 1.24 bits per heavy atom. The van der Waals surface area contributed by atoms with Gasteiger partial charge in [-0.15, -0.1) is 0 Å². The Morgan fingerprint density at radius 2 is 2.00 bits per heavy atom. The van der Waals surface area contributed by atoms with Crippen molar-refractivity contribution in [3.05, 3.63) is 17.9 Å². The highest BCUT2D eigenvalue weighted by molar-refractivity contribution is 7.91. The van der Waals surface area contributed by atoms with Gasteiger partial charge in [0, 0.05) is 6.04 Å². The second kappa shape index (κ2) is 5.53. The topological polar surface area (TPSA) is 116 Å². The molecular weight excluding hydrogens is 318 g/mol. The minimum Gasteiger partial charge on any atom is -0.351 e. The van der Waals surface area contributed by atoms with Crippen molar-refractivity contribution in [1.29, 1.82) is 0 Å². The predicted molar refractivity (Wildman–Crippen MR) is 75.1 cm³/mol. The van der Waals surface area contributed by atoms with Crippen molar-refractivity contribution in [2.45, 2.75) is 18.9 Å². The van der Waals surface area contributed by atoms with Crippen molar-refractivity contribution in [3.8, 4) is 5.95 Å². The van der Waals surface area contributed by atoms with Crippen LogP contribution in [0.15, 0.2) is 12.7 Å². The van der Waals surface area contributed by atoms with E-state index in [4.69, 9.17) is 11.6 Å². The molecule has 0 amide bonds. The Labute approximate surface area is 125 Å². The third-order valence-electron chi connectivity index (χ3n) is 3.11. The fourth-order valence-electron chi connectivity index (χ4n) is 2.04. The first-order valence-electron chi connectivity index (χ1n) is 6.25. The molecule has 1 N–H and O–H groups in total. The highest BCUT2D eigenvalue weighted by atomic mass is 35.5. The number of sulfone groups is 1. The molecule has 3 heterocycles. The lowest BCUT2D eigenvalue weighted by Crippen LogP contribution is -2.32. The Balaban J connectivity index is 1.77. The minimum atomic E-state index is -2.90. The first-order chi connectivity index (χ1) is 10.0. The fourth-order valence-corrected chi connectivity index (χ4v) is 3.68. The van der Waals surface area contributed by atoms with Crippen molar-refractivity contribution < 1.29 is 8.42 Å². The summed E-state index contributed by atoms with van der Waals surface area (Å²) < 4.78 is 24.2. The van der Waals surface area contributed by atoms with Gasteiger partial charge < -0.3 is 5.32 Å². The average molecular weight is 330 g/mol. The van der Waals surface area contributed by atoms with E-state index < -0.39 is 9.84 Å². The molecule has 0 aromatic carbocycles. The number of nitrogens with zero attached hydrogens (tertiary/aromatic N) is 6. The lowest BCUT2D eigenvalue weighted by atomic mass is 10.2. The normalized spacial score (nSPS) is 18.5. The van der Waals surface area contributed by atoms with Crippen molar-refractivity contribution in [3.63, 3.8) is 0 Å². The van der Waals surface area contributed by atoms with Crippen LogP contribution in [-0.4, -0.2) is 55.7 Å². The lowest BCUT2D eigenvalue weighted by Gasteiger charge is -2.22. The zero-order chi connectivity index (χ0) is 14.9. The fraction of sp³-hybridized carbons (Fsp3) is 0.500. The second-order valence-electron chi connectivity index (χ2n) is 4.64. The van der Waals surface area contributed by atoms with E-state index in [9.17, 15) is 8.42 Å². The maximum absolute atomic E-state index is 11.4. The summed E-state index contributed by atoms with van der Waals surface area (Å²) in [5.41, 5.74) is 0. The molecule has 0 saturated carbocycles. The van der Waals surface area contributed by atoms with Gasteiger partial charge in [0.2, 0.25) is 11.2 Å². The first kappa shape index (κ1) is 14.1. The average Bonchev–Trinajstić information content (AvgIpc) is 2.95. The van der Waals surface area contributed by atoms with Gasteiger partial charge in [-0.1, -0.05) is 0 Å². The standard InChI is InChI=1S/C10H12ClN7O2S/c11-8-15-9(14-7-1-3-21(19,20)4-2-7)17-10(16-8)18-6-12-5-13-18/h5-7H,1-4H2,(H,14,15,16,17). The molecule has 0 unspecified atom stereocenters. The summed E-state index contributed by atoms with van der Waals surface area (Å²) in [4.78, 5) is 16.0. The van der Waals surface area contributed by atoms with Gasteiger partial charge in [0.15, 0.2) is 0 Å². The Morgan fingerprint density at radius 3 is 2.67 bits per heavy atom. The smallest absolute Gasteiger partial charge is 0.258 e. The number of rotatable bonds is 3. The predicted octanol–water partition coefficient (Wildman–Crippen LogP) is 0.0948. The molecule has 0 atom stereocenters. The van der Waals surface area contributed by atoms with E-state index >= 15 is 0 Å². The van der Waals surface area contributed by atoms with Crippen LogP contribution < -0.4 is 5.32 Å². The molecule has 112 valence electrons. The zero-order valence-corrected chi connectivity index (χ0v) is 12.4. The quantitative estimate of drug-likeness (QED) is 0.842. The van der Waals surface area contributed by atoms with E-state index in [1.54, 1.807) is 0 Å². The number of anilines is 1. The molecule has 11 heteroatoms. The molecule has 2 aromatic rings. The Hall–Kier alpha value is -1.81. The summed E-state index contributed by atoms with van der Waals surface area (Å²) in [6.45, 7) is 0. The highest BCUT2D eigenvalue weighted by Crippen LogP contribution is 2.17. The minimum absolute atomic E-state index is 0.00409. The molecule has 1 aliphatic heterocycles. The van der Waals surface area contributed by atoms with Gasteiger partial charge in [-0.05, 0) is 24.4 Å². The molecular formula is C10H12ClN7O2S. The number of nitrogens with one attached hydrogen (secondary N) is 1. The van der Waals surface area contributed by atoms with E-state index in [2.05, 4.69) is 30.4 Å². The molecule has 1 fully saturated rings. The second-order valence-corrected chi connectivity index (χ2v) is 7.28. The molecule has 3 rings (SSSR count). The lowest BCUT2D eigenvalue weighted by molar-refractivity contribution is 0.558. The van der Waals surface area contributed by atoms with Crippen LogP contribution in [0.1, 0.15) is 12.8 Å². The van der Waals surface area contributed by atoms with E-state index in [0.717, 1.165) is 0 Å². The van der Waals surface area contributed by atoms with Gasteiger partial charge in [-0.3, -0.25) is 0 Å². The van der Waals surface area contributed by atoms with Crippen LogP contribution in [0.3, 0.4) is 0 Å². The summed E-state index contributed by atoms with van der Waals surface area (Å²) in [6.07, 6.45) is 3.84. The third kappa shape index (κ3) is 3.45. The van der Waals surface area contributed by atoms with E-state index in [0.29, 0.717) is 18.8 Å². The number of aromatic nitrogens is 6. The maximum atomic E-state index is 11.4. The Kier molecular flexibility index (Phi) is 3.72. The molecule has 1 aliphatic rings. The van der Waals surface area contributed by atoms with Crippen molar-refractivity contribution in [2.24, 2.45) is 0 Å². The van der Waals surface area contributed by atoms with Gasteiger partial charge in [-0.25, -0.2) is 13.4 Å². The van der Waals surface area contributed by atoms with E-state index in [-0.39, 0.29) is 28.8 Å². The van der Waals surface area contributed by atoms with Crippen LogP contribution in [-0.2, 0) is 9.84 Å². The molecule has 0 radical (unpaired) electrons. The molecule has 21 heavy (non-hydrogen) atoms. The largest absolute Gasteiger partial charge is 0.351 e. The molecule has 1 saturated heterocycles. The van der Waals surface area contributed by atoms with Crippen LogP contribution in [0.25, 0.3) is 5.95 Å². The molecule has 0 spiro atoms. The highest BCUT2D eigenvalue weighted by Gasteiger charge is 2.24. The van der Waals surface area contributed by atoms with Gasteiger partial charge in [0.05, 0.1) is 11.5 Å². The van der Waals surface area contributed by atoms with Crippen molar-refractivity contribution in [1.82, 2.24) is 29.7 Å². The number of hydrogen-bond donors (Lipinski definition) is 1. The zero-order valence-electron chi connectivity index (χ0n) is 10.8. The van der Waals surface area contributed by atoms with E-state index in [1.807, 2.05) is 0 Å². The number of halogens is 1. The Bertz CT molecular complexity index is 720. The molecule has 0 bridgehead atoms. The number of hydrogen-bond acceptors (Lipinski definition) is 8. The monoisotopic (exact) mass is 329 g/mol. The van der Waals surface area contributed by atoms with Crippen molar-refractivity contribution in [2.75, 3.05) is 16.8 Å². The first-order valence-corrected chi connectivity index (χ1v) is 8.45. The van der Waals surface area contributed by atoms with Gasteiger partial charge >= 0.3 is 0 Å². The van der Waals surface area contributed by atoms with Gasteiger partial charge in [0.1, 0.15) is 22.5 Å². The van der Waals surface area contributed by atoms with E-state index in [1.165, 1.54) is 17.3 Å². The summed E-state index contributed by atoms with van der Waals surface area (Å²) in [5.74, 6) is 0.877. The summed E-state index contributed by atoms with van der Waals surface area (Å²) >= 11 is 5.87. The van der Waals surface area contributed by atoms with Crippen LogP contribution in [0.2, 0.25) is 5.28 Å². The van der Waals surface area contributed by atoms with Crippen LogP contribution in [0.4, 0.5) is 5.95 Å². The summed E-state index contributed by atoms with van der Waals surface area (Å²) in [7, 11) is -2.90. The van der Waals surface area contributed by atoms with Gasteiger partial charge in [0.25, 0.3) is 5.95 Å². The van der Waals surface area contributed by atoms with Crippen LogP contribution >= 0.6 is 11.6 Å². The third-order valence-corrected chi connectivity index (χ3v) is 4.99. The van der Waals surface area contributed by atoms with Crippen LogP contribution in [0.5, 0.6) is 0 Å². The SMILES string of the molecule is O=S1(=O)CCC(Nc2nc(Cl)nc(-n3cncn3)n2)CC1. The molecule has 2 aromatic heterocycles. The van der Waals surface area contributed by atoms with Crippen molar-refractivity contribution >= 4 is 27.4 Å². The maximum Gasteiger partial charge on any atom is 0.258 e. The summed E-state index contributed by atoms with van der Waals surface area (Å²) in [6, 6.07) is -0.00409. The summed E-state index contributed by atoms with van der Waals surface area (Å²) in [5, 5.41) is 7.04. The van der Waals surface area contributed by atoms with Gasteiger partial charge in [-0.2, -0.15) is 24.7 Å². The molecule has 0 aliphatic carbocycles.